The Morgan fingerprint density at radius 2 is 1.35 bits per heavy atom. The van der Waals surface area contributed by atoms with Crippen molar-refractivity contribution in [1.29, 1.82) is 0 Å². The molecule has 290 valence electrons. The number of hydrogen-bond acceptors (Lipinski definition) is 2. The Morgan fingerprint density at radius 1 is 0.686 bits per heavy atom. The van der Waals surface area contributed by atoms with Gasteiger partial charge in [0.1, 0.15) is 0 Å². The van der Waals surface area contributed by atoms with Gasteiger partial charge in [-0.1, -0.05) is 122 Å². The summed E-state index contributed by atoms with van der Waals surface area (Å²) >= 11 is 0. The van der Waals surface area contributed by atoms with E-state index in [1.54, 1.807) is 0 Å². The second kappa shape index (κ2) is 22.0. The Morgan fingerprint density at radius 3 is 2.04 bits per heavy atom. The average molecular weight is 703 g/mol. The minimum Gasteiger partial charge on any atom is -0.466 e. The van der Waals surface area contributed by atoms with E-state index in [0.29, 0.717) is 35.7 Å². The van der Waals surface area contributed by atoms with E-state index in [1.807, 2.05) is 0 Å². The smallest absolute Gasteiger partial charge is 0.305 e. The number of unbranched alkanes of at least 4 members (excludes halogenated alkanes) is 4. The molecule has 4 fully saturated rings. The number of carbonyl (C=O) groups excluding carboxylic acids is 1. The average Bonchev–Trinajstić information content (AvgIpc) is 3.47. The highest BCUT2D eigenvalue weighted by molar-refractivity contribution is 5.69. The Bertz CT molecular complexity index is 1110. The van der Waals surface area contributed by atoms with Crippen LogP contribution in [0.5, 0.6) is 0 Å². The largest absolute Gasteiger partial charge is 0.466 e. The predicted octanol–water partition coefficient (Wildman–Crippen LogP) is 14.8. The standard InChI is InChI=1S/C49H82O2/c1-7-8-9-10-11-12-13-14-15-16-17-18-19-20-21-22-23-27-47(50)51-38-35-41(39(2)3)29-28-40(4)44-32-33-45-43-31-30-42-26-24-25-36-48(42,5)46(43)34-37-49(44,45)6/h11-12,14-15,17-18,20-21,39-46H,7-10,13,16,19,22-38H2,1-6H3/t40-,41+,42?,43+,44-,45+,46+,48+,49-/m1/s1. The molecule has 0 aliphatic heterocycles. The molecule has 4 rings (SSSR count). The van der Waals surface area contributed by atoms with Crippen molar-refractivity contribution >= 4 is 5.97 Å². The normalized spacial score (nSPS) is 32.2. The van der Waals surface area contributed by atoms with Gasteiger partial charge in [-0.3, -0.25) is 4.79 Å². The van der Waals surface area contributed by atoms with Crippen LogP contribution in [0.3, 0.4) is 0 Å². The van der Waals surface area contributed by atoms with Crippen LogP contribution < -0.4 is 0 Å². The van der Waals surface area contributed by atoms with Gasteiger partial charge >= 0.3 is 5.97 Å². The van der Waals surface area contributed by atoms with Crippen LogP contribution >= 0.6 is 0 Å². The van der Waals surface area contributed by atoms with Gasteiger partial charge < -0.3 is 4.74 Å². The number of rotatable bonds is 22. The number of hydrogen-bond donors (Lipinski definition) is 0. The molecule has 2 nitrogen and oxygen atoms in total. The highest BCUT2D eigenvalue weighted by Gasteiger charge is 2.60. The maximum atomic E-state index is 12.5. The lowest BCUT2D eigenvalue weighted by Gasteiger charge is -2.61. The number of carbonyl (C=O) groups is 1. The first-order chi connectivity index (χ1) is 24.7. The van der Waals surface area contributed by atoms with Crippen molar-refractivity contribution < 1.29 is 9.53 Å². The Labute approximate surface area is 317 Å². The molecule has 0 heterocycles. The molecule has 0 aromatic rings. The summed E-state index contributed by atoms with van der Waals surface area (Å²) in [5.41, 5.74) is 1.22. The molecule has 0 saturated heterocycles. The molecule has 1 unspecified atom stereocenters. The maximum absolute atomic E-state index is 12.5. The van der Waals surface area contributed by atoms with Crippen LogP contribution in [0.25, 0.3) is 0 Å². The third-order valence-corrected chi connectivity index (χ3v) is 15.2. The molecule has 0 radical (unpaired) electrons. The Kier molecular flexibility index (Phi) is 18.2. The Hall–Kier alpha value is -1.57. The van der Waals surface area contributed by atoms with Crippen molar-refractivity contribution in [2.75, 3.05) is 6.61 Å². The molecule has 4 aliphatic rings. The summed E-state index contributed by atoms with van der Waals surface area (Å²) in [7, 11) is 0. The van der Waals surface area contributed by atoms with Gasteiger partial charge in [-0.2, -0.15) is 0 Å². The van der Waals surface area contributed by atoms with E-state index >= 15 is 0 Å². The monoisotopic (exact) mass is 703 g/mol. The number of ether oxygens (including phenoxy) is 1. The lowest BCUT2D eigenvalue weighted by Crippen LogP contribution is -2.53. The van der Waals surface area contributed by atoms with E-state index < -0.39 is 0 Å². The lowest BCUT2D eigenvalue weighted by atomic mass is 9.44. The van der Waals surface area contributed by atoms with Crippen LogP contribution in [-0.4, -0.2) is 12.6 Å². The third kappa shape index (κ3) is 12.2. The molecule has 0 N–H and O–H groups in total. The van der Waals surface area contributed by atoms with Gasteiger partial charge in [0.15, 0.2) is 0 Å². The summed E-state index contributed by atoms with van der Waals surface area (Å²) < 4.78 is 5.76. The van der Waals surface area contributed by atoms with Crippen LogP contribution in [0, 0.1) is 58.2 Å². The van der Waals surface area contributed by atoms with E-state index in [9.17, 15) is 4.79 Å². The second-order valence-corrected chi connectivity index (χ2v) is 18.7. The summed E-state index contributed by atoms with van der Waals surface area (Å²) in [5.74, 6) is 6.99. The molecule has 51 heavy (non-hydrogen) atoms. The topological polar surface area (TPSA) is 26.3 Å². The number of allylic oxidation sites excluding steroid dienone is 8. The molecule has 4 saturated carbocycles. The maximum Gasteiger partial charge on any atom is 0.305 e. The molecule has 0 spiro atoms. The first kappa shape index (κ1) is 42.2. The van der Waals surface area contributed by atoms with E-state index in [0.717, 1.165) is 74.0 Å². The molecular formula is C49H82O2. The zero-order chi connectivity index (χ0) is 36.5. The number of fused-ring (bicyclic) bond motifs is 5. The molecular weight excluding hydrogens is 621 g/mol. The van der Waals surface area contributed by atoms with Crippen LogP contribution in [-0.2, 0) is 9.53 Å². The minimum absolute atomic E-state index is 0.0154. The van der Waals surface area contributed by atoms with E-state index in [4.69, 9.17) is 4.74 Å². The summed E-state index contributed by atoms with van der Waals surface area (Å²) in [5, 5.41) is 0. The van der Waals surface area contributed by atoms with E-state index in [1.165, 1.54) is 103 Å². The van der Waals surface area contributed by atoms with Crippen molar-refractivity contribution in [2.24, 2.45) is 58.2 Å². The van der Waals surface area contributed by atoms with E-state index in [2.05, 4.69) is 90.2 Å². The first-order valence-corrected chi connectivity index (χ1v) is 22.5. The van der Waals surface area contributed by atoms with Crippen molar-refractivity contribution in [3.8, 4) is 0 Å². The molecule has 4 aliphatic carbocycles. The zero-order valence-corrected chi connectivity index (χ0v) is 34.5. The summed E-state index contributed by atoms with van der Waals surface area (Å²) in [6, 6.07) is 0. The van der Waals surface area contributed by atoms with Gasteiger partial charge in [-0.15, -0.1) is 0 Å². The Balaban J connectivity index is 1.07. The highest BCUT2D eigenvalue weighted by atomic mass is 16.5. The molecule has 0 aromatic carbocycles. The van der Waals surface area contributed by atoms with Crippen LogP contribution in [0.4, 0.5) is 0 Å². The molecule has 2 heteroatoms. The van der Waals surface area contributed by atoms with Crippen molar-refractivity contribution in [2.45, 2.75) is 189 Å². The van der Waals surface area contributed by atoms with Crippen LogP contribution in [0.15, 0.2) is 48.6 Å². The SMILES string of the molecule is CCCCCC=CCC=CCC=CCC=CCCCC(=O)OCC[C@H](CC[C@@H](C)[C@H]1CC[C@H]2[C@@H]3CCC4CCCC[C@]4(C)[C@H]3CC[C@]12C)C(C)C. The van der Waals surface area contributed by atoms with Gasteiger partial charge in [-0.25, -0.2) is 0 Å². The summed E-state index contributed by atoms with van der Waals surface area (Å²) in [6.07, 6.45) is 47.2. The van der Waals surface area contributed by atoms with Crippen molar-refractivity contribution in [3.63, 3.8) is 0 Å². The van der Waals surface area contributed by atoms with Gasteiger partial charge in [0.05, 0.1) is 6.61 Å². The van der Waals surface area contributed by atoms with Crippen LogP contribution in [0.1, 0.15) is 189 Å². The lowest BCUT2D eigenvalue weighted by molar-refractivity contribution is -0.144. The van der Waals surface area contributed by atoms with Crippen LogP contribution in [0.2, 0.25) is 0 Å². The quantitative estimate of drug-likeness (QED) is 0.0638. The molecule has 0 aromatic heterocycles. The van der Waals surface area contributed by atoms with E-state index in [-0.39, 0.29) is 5.97 Å². The first-order valence-electron chi connectivity index (χ1n) is 22.5. The van der Waals surface area contributed by atoms with Gasteiger partial charge in [0.25, 0.3) is 0 Å². The fourth-order valence-electron chi connectivity index (χ4n) is 12.1. The van der Waals surface area contributed by atoms with Gasteiger partial charge in [0.2, 0.25) is 0 Å². The summed E-state index contributed by atoms with van der Waals surface area (Å²) in [6.45, 7) is 15.7. The van der Waals surface area contributed by atoms with Gasteiger partial charge in [-0.05, 0) is 167 Å². The zero-order valence-electron chi connectivity index (χ0n) is 34.5. The second-order valence-electron chi connectivity index (χ2n) is 18.7. The molecule has 0 bridgehead atoms. The number of esters is 1. The molecule has 0 amide bonds. The highest BCUT2D eigenvalue weighted by Crippen LogP contribution is 2.68. The fraction of sp³-hybridized carbons (Fsp3) is 0.816. The van der Waals surface area contributed by atoms with Gasteiger partial charge in [0, 0.05) is 6.42 Å². The fourth-order valence-corrected chi connectivity index (χ4v) is 12.1. The molecule has 9 atom stereocenters. The van der Waals surface area contributed by atoms with Crippen molar-refractivity contribution in [3.05, 3.63) is 48.6 Å². The van der Waals surface area contributed by atoms with Crippen molar-refractivity contribution in [1.82, 2.24) is 0 Å². The minimum atomic E-state index is -0.0154. The summed E-state index contributed by atoms with van der Waals surface area (Å²) in [4.78, 5) is 12.5. The third-order valence-electron chi connectivity index (χ3n) is 15.2. The predicted molar refractivity (Wildman–Crippen MR) is 221 cm³/mol.